The van der Waals surface area contributed by atoms with E-state index in [1.807, 2.05) is 6.92 Å². The second-order valence-electron chi connectivity index (χ2n) is 11.7. The number of aromatic nitrogens is 2. The molecule has 2 aromatic carbocycles. The van der Waals surface area contributed by atoms with E-state index in [1.54, 1.807) is 6.92 Å². The van der Waals surface area contributed by atoms with Gasteiger partial charge >= 0.3 is 18.7 Å². The van der Waals surface area contributed by atoms with Crippen molar-refractivity contribution in [2.45, 2.75) is 88.0 Å². The highest BCUT2D eigenvalue weighted by Gasteiger charge is 2.32. The number of alkyl halides is 7. The molecule has 2 aromatic heterocycles. The molecule has 0 bridgehead atoms. The van der Waals surface area contributed by atoms with Gasteiger partial charge in [0.05, 0.1) is 31.1 Å². The molecule has 18 heteroatoms. The molecule has 5 rings (SSSR count). The van der Waals surface area contributed by atoms with Crippen LogP contribution in [0.25, 0.3) is 22.9 Å². The minimum absolute atomic E-state index is 0.00866. The summed E-state index contributed by atoms with van der Waals surface area (Å²) in [6, 6.07) is 10.6. The Hall–Kier alpha value is -3.88. The van der Waals surface area contributed by atoms with E-state index in [0.717, 1.165) is 31.4 Å². The number of carboxylic acid groups (broad SMARTS) is 1. The van der Waals surface area contributed by atoms with Crippen molar-refractivity contribution in [1.29, 1.82) is 0 Å². The Morgan fingerprint density at radius 1 is 0.906 bits per heavy atom. The summed E-state index contributed by atoms with van der Waals surface area (Å²) in [7, 11) is 0. The fourth-order valence-corrected chi connectivity index (χ4v) is 5.41. The topological polar surface area (TPSA) is 136 Å². The van der Waals surface area contributed by atoms with E-state index < -0.39 is 24.8 Å². The van der Waals surface area contributed by atoms with Crippen LogP contribution in [-0.2, 0) is 30.0 Å². The van der Waals surface area contributed by atoms with E-state index in [9.17, 15) is 36.2 Å². The molecule has 2 heterocycles. The zero-order chi connectivity index (χ0) is 38.6. The van der Waals surface area contributed by atoms with Gasteiger partial charge in [-0.1, -0.05) is 29.5 Å². The summed E-state index contributed by atoms with van der Waals surface area (Å²) in [5.41, 5.74) is 2.48. The predicted molar refractivity (Wildman–Crippen MR) is 184 cm³/mol. The van der Waals surface area contributed by atoms with Gasteiger partial charge in [-0.3, -0.25) is 0 Å². The van der Waals surface area contributed by atoms with E-state index in [2.05, 4.69) is 42.0 Å². The molecule has 0 saturated heterocycles. The van der Waals surface area contributed by atoms with Crippen LogP contribution < -0.4 is 9.47 Å². The second kappa shape index (κ2) is 19.4. The van der Waals surface area contributed by atoms with Crippen molar-refractivity contribution in [2.24, 2.45) is 0 Å². The molecule has 0 spiro atoms. The lowest BCUT2D eigenvalue weighted by Crippen LogP contribution is -2.34. The van der Waals surface area contributed by atoms with Gasteiger partial charge in [-0.05, 0) is 87.6 Å². The van der Waals surface area contributed by atoms with E-state index in [0.29, 0.717) is 45.9 Å². The molecule has 11 nitrogen and oxygen atoms in total. The Balaban J connectivity index is 0.000000291. The molecular formula is C35H37F6IN2O9. The van der Waals surface area contributed by atoms with Gasteiger partial charge in [-0.2, -0.15) is 0 Å². The van der Waals surface area contributed by atoms with Crippen molar-refractivity contribution in [3.8, 4) is 34.4 Å². The number of halogens is 7. The first-order valence-corrected chi connectivity index (χ1v) is 17.9. The quantitative estimate of drug-likeness (QED) is 0.0696. The van der Waals surface area contributed by atoms with Gasteiger partial charge in [0.2, 0.25) is 11.8 Å². The molecule has 290 valence electrons. The van der Waals surface area contributed by atoms with Crippen LogP contribution >= 0.6 is 22.6 Å². The van der Waals surface area contributed by atoms with Gasteiger partial charge < -0.3 is 37.6 Å². The molecule has 0 radical (unpaired) electrons. The third-order valence-electron chi connectivity index (χ3n) is 7.57. The number of rotatable bonds is 15. The van der Waals surface area contributed by atoms with Crippen molar-refractivity contribution < 1.29 is 68.8 Å². The molecule has 1 N–H and O–H groups in total. The van der Waals surface area contributed by atoms with Gasteiger partial charge in [-0.15, -0.1) is 26.3 Å². The van der Waals surface area contributed by atoms with E-state index in [4.69, 9.17) is 23.0 Å². The monoisotopic (exact) mass is 870 g/mol. The van der Waals surface area contributed by atoms with Gasteiger partial charge in [0.15, 0.2) is 6.10 Å². The molecule has 0 amide bonds. The van der Waals surface area contributed by atoms with Crippen molar-refractivity contribution in [3.05, 3.63) is 71.9 Å². The molecule has 1 fully saturated rings. The van der Waals surface area contributed by atoms with Crippen LogP contribution in [-0.4, -0.2) is 65.3 Å². The van der Waals surface area contributed by atoms with Crippen LogP contribution in [0.5, 0.6) is 11.5 Å². The first-order valence-electron chi connectivity index (χ1n) is 16.4. The number of hydrogen-bond acceptors (Lipinski definition) is 10. The molecule has 3 atom stereocenters. The standard InChI is InChI=1S/C24H30F3NO7.C11H7F3INO2/c1-3-11-31-21(23(29)30)14-33-19-6-4-5-18(12-19)32-13-20-15(2)34-22(28-20)16-7-9-17(10-8-16)35-24(25,26)27;12-11(13,14)18-9-3-1-7(2-4-9)10-16-8(5-15)6-17-10/h7-10,18-19,21H,3-6,11-14H2,1-2H3,(H,29,30);1-4,6H,5H2/t18-,19+,21?;/m0./s1. The highest BCUT2D eigenvalue weighted by atomic mass is 127. The summed E-state index contributed by atoms with van der Waals surface area (Å²) in [6.07, 6.45) is -5.19. The first kappa shape index (κ1) is 41.9. The van der Waals surface area contributed by atoms with Crippen LogP contribution in [0, 0.1) is 6.92 Å². The van der Waals surface area contributed by atoms with Crippen LogP contribution in [0.3, 0.4) is 0 Å². The molecule has 1 saturated carbocycles. The maximum atomic E-state index is 12.3. The second-order valence-corrected chi connectivity index (χ2v) is 12.5. The summed E-state index contributed by atoms with van der Waals surface area (Å²) >= 11 is 2.14. The van der Waals surface area contributed by atoms with Crippen molar-refractivity contribution in [3.63, 3.8) is 0 Å². The fourth-order valence-electron chi connectivity index (χ4n) is 5.06. The van der Waals surface area contributed by atoms with Crippen LogP contribution in [0.1, 0.15) is 56.2 Å². The normalized spacial score (nSPS) is 16.8. The van der Waals surface area contributed by atoms with Gasteiger partial charge in [-0.25, -0.2) is 14.8 Å². The Kier molecular flexibility index (Phi) is 15.4. The fraction of sp³-hybridized carbons (Fsp3) is 0.457. The average Bonchev–Trinajstić information content (AvgIpc) is 3.74. The number of carboxylic acids is 1. The minimum Gasteiger partial charge on any atom is -0.479 e. The average molecular weight is 871 g/mol. The lowest BCUT2D eigenvalue weighted by atomic mass is 9.95. The molecule has 53 heavy (non-hydrogen) atoms. The zero-order valence-electron chi connectivity index (χ0n) is 28.5. The predicted octanol–water partition coefficient (Wildman–Crippen LogP) is 9.45. The molecular weight excluding hydrogens is 833 g/mol. The molecule has 1 aliphatic carbocycles. The Labute approximate surface area is 314 Å². The number of oxazole rings is 2. The number of aryl methyl sites for hydroxylation is 1. The summed E-state index contributed by atoms with van der Waals surface area (Å²) in [5.74, 6) is -0.435. The summed E-state index contributed by atoms with van der Waals surface area (Å²) in [5, 5.41) is 9.26. The first-order chi connectivity index (χ1) is 25.1. The van der Waals surface area contributed by atoms with E-state index in [-0.39, 0.29) is 42.8 Å². The highest BCUT2D eigenvalue weighted by Crippen LogP contribution is 2.30. The lowest BCUT2D eigenvalue weighted by molar-refractivity contribution is -0.275. The minimum atomic E-state index is -4.75. The maximum absolute atomic E-state index is 12.3. The van der Waals surface area contributed by atoms with E-state index in [1.165, 1.54) is 54.8 Å². The Morgan fingerprint density at radius 3 is 1.98 bits per heavy atom. The Morgan fingerprint density at radius 2 is 1.47 bits per heavy atom. The summed E-state index contributed by atoms with van der Waals surface area (Å²) in [4.78, 5) is 19.9. The molecule has 1 aliphatic rings. The number of nitrogens with zero attached hydrogens (tertiary/aromatic N) is 2. The number of ether oxygens (including phenoxy) is 5. The molecule has 4 aromatic rings. The third kappa shape index (κ3) is 14.1. The van der Waals surface area contributed by atoms with E-state index >= 15 is 0 Å². The Bertz CT molecular complexity index is 1710. The van der Waals surface area contributed by atoms with Crippen molar-refractivity contribution in [1.82, 2.24) is 9.97 Å². The van der Waals surface area contributed by atoms with Crippen molar-refractivity contribution >= 4 is 28.6 Å². The van der Waals surface area contributed by atoms with Crippen LogP contribution in [0.4, 0.5) is 26.3 Å². The van der Waals surface area contributed by atoms with Gasteiger partial charge in [0.1, 0.15) is 29.2 Å². The van der Waals surface area contributed by atoms with Gasteiger partial charge in [0.25, 0.3) is 0 Å². The maximum Gasteiger partial charge on any atom is 0.573 e. The smallest absolute Gasteiger partial charge is 0.479 e. The third-order valence-corrected chi connectivity index (χ3v) is 8.35. The highest BCUT2D eigenvalue weighted by molar-refractivity contribution is 14.1. The number of carbonyl (C=O) groups is 1. The van der Waals surface area contributed by atoms with Gasteiger partial charge in [0, 0.05) is 22.2 Å². The lowest BCUT2D eigenvalue weighted by Gasteiger charge is -2.29. The van der Waals surface area contributed by atoms with Crippen LogP contribution in [0.2, 0.25) is 0 Å². The molecule has 1 unspecified atom stereocenters. The summed E-state index contributed by atoms with van der Waals surface area (Å²) in [6.45, 7) is 4.21. The summed E-state index contributed by atoms with van der Waals surface area (Å²) < 4.78 is 109. The van der Waals surface area contributed by atoms with Crippen molar-refractivity contribution in [2.75, 3.05) is 13.2 Å². The SMILES string of the molecule is CCCOC(CO[C@@H]1CCC[C@H](OCc2nc(-c3ccc(OC(F)(F)F)cc3)oc2C)C1)C(=O)O.FC(F)(F)Oc1ccc(-c2nc(CI)co2)cc1. The largest absolute Gasteiger partial charge is 0.573 e. The van der Waals surface area contributed by atoms with Crippen LogP contribution in [0.15, 0.2) is 63.6 Å². The number of aliphatic carboxylic acids is 1. The molecule has 0 aliphatic heterocycles. The number of benzene rings is 2. The number of hydrogen-bond donors (Lipinski definition) is 1. The zero-order valence-corrected chi connectivity index (χ0v) is 30.7.